The number of allylic oxidation sites excluding steroid dienone is 2. The zero-order valence-corrected chi connectivity index (χ0v) is 11.7. The summed E-state index contributed by atoms with van der Waals surface area (Å²) in [6.45, 7) is 20.9. The van der Waals surface area contributed by atoms with Gasteiger partial charge in [0.1, 0.15) is 0 Å². The molecule has 0 aromatic carbocycles. The molecule has 1 atom stereocenters. The van der Waals surface area contributed by atoms with E-state index in [2.05, 4.69) is 51.5 Å². The summed E-state index contributed by atoms with van der Waals surface area (Å²) in [6, 6.07) is 0. The van der Waals surface area contributed by atoms with Gasteiger partial charge in [-0.05, 0) is 33.1 Å². The van der Waals surface area contributed by atoms with E-state index in [0.717, 1.165) is 26.1 Å². The van der Waals surface area contributed by atoms with Gasteiger partial charge in [0.15, 0.2) is 0 Å². The molecule has 0 aliphatic carbocycles. The molecular formula is C16H27N. The monoisotopic (exact) mass is 233 g/mol. The Morgan fingerprint density at radius 1 is 1.12 bits per heavy atom. The first-order valence-electron chi connectivity index (χ1n) is 6.24. The summed E-state index contributed by atoms with van der Waals surface area (Å²) >= 11 is 0. The number of rotatable bonds is 9. The van der Waals surface area contributed by atoms with Gasteiger partial charge in [-0.1, -0.05) is 36.0 Å². The van der Waals surface area contributed by atoms with Gasteiger partial charge in [-0.15, -0.1) is 13.2 Å². The van der Waals surface area contributed by atoms with Crippen molar-refractivity contribution >= 4 is 0 Å². The molecule has 1 heteroatoms. The van der Waals surface area contributed by atoms with Gasteiger partial charge in [0.05, 0.1) is 0 Å². The van der Waals surface area contributed by atoms with E-state index in [1.807, 2.05) is 12.2 Å². The van der Waals surface area contributed by atoms with Crippen molar-refractivity contribution in [1.29, 1.82) is 0 Å². The van der Waals surface area contributed by atoms with Crippen molar-refractivity contribution in [2.45, 2.75) is 27.2 Å². The van der Waals surface area contributed by atoms with Gasteiger partial charge in [0, 0.05) is 19.6 Å². The number of nitrogens with zero attached hydrogens (tertiary/aromatic N) is 1. The second-order valence-corrected chi connectivity index (χ2v) is 4.86. The summed E-state index contributed by atoms with van der Waals surface area (Å²) in [6.07, 6.45) is 7.25. The lowest BCUT2D eigenvalue weighted by Gasteiger charge is -2.25. The maximum absolute atomic E-state index is 4.10. The average Bonchev–Trinajstić information content (AvgIpc) is 2.23. The Bertz CT molecular complexity index is 272. The summed E-state index contributed by atoms with van der Waals surface area (Å²) in [5, 5.41) is 0. The van der Waals surface area contributed by atoms with E-state index in [4.69, 9.17) is 0 Å². The molecule has 0 amide bonds. The van der Waals surface area contributed by atoms with Gasteiger partial charge in [-0.3, -0.25) is 4.90 Å². The highest BCUT2D eigenvalue weighted by atomic mass is 15.1. The first-order valence-corrected chi connectivity index (χ1v) is 6.24. The van der Waals surface area contributed by atoms with Crippen LogP contribution in [0.4, 0.5) is 0 Å². The van der Waals surface area contributed by atoms with Crippen molar-refractivity contribution in [1.82, 2.24) is 4.90 Å². The fraction of sp³-hybridized carbons (Fsp3) is 0.500. The molecule has 0 spiro atoms. The van der Waals surface area contributed by atoms with Crippen molar-refractivity contribution in [2.75, 3.05) is 19.6 Å². The molecular weight excluding hydrogens is 206 g/mol. The highest BCUT2D eigenvalue weighted by Gasteiger charge is 2.12. The molecule has 0 saturated carbocycles. The predicted molar refractivity (Wildman–Crippen MR) is 79.2 cm³/mol. The van der Waals surface area contributed by atoms with Gasteiger partial charge >= 0.3 is 0 Å². The van der Waals surface area contributed by atoms with Crippen LogP contribution in [-0.2, 0) is 0 Å². The second kappa shape index (κ2) is 9.00. The lowest BCUT2D eigenvalue weighted by molar-refractivity contribution is 0.294. The van der Waals surface area contributed by atoms with Gasteiger partial charge in [0.25, 0.3) is 0 Å². The highest BCUT2D eigenvalue weighted by Crippen LogP contribution is 2.16. The van der Waals surface area contributed by atoms with Crippen molar-refractivity contribution in [2.24, 2.45) is 5.92 Å². The van der Waals surface area contributed by atoms with Gasteiger partial charge < -0.3 is 0 Å². The van der Waals surface area contributed by atoms with Gasteiger partial charge in [-0.2, -0.15) is 0 Å². The van der Waals surface area contributed by atoms with Crippen LogP contribution in [-0.4, -0.2) is 24.5 Å². The SMILES string of the molecule is C=CCN(CC=C)CC(CC=C(C)C)C(=C)C. The van der Waals surface area contributed by atoms with E-state index in [1.54, 1.807) is 0 Å². The van der Waals surface area contributed by atoms with Crippen LogP contribution in [0.1, 0.15) is 27.2 Å². The summed E-state index contributed by atoms with van der Waals surface area (Å²) in [5.41, 5.74) is 2.62. The molecule has 0 radical (unpaired) electrons. The Kier molecular flexibility index (Phi) is 8.43. The van der Waals surface area contributed by atoms with Crippen LogP contribution in [0.15, 0.2) is 49.1 Å². The van der Waals surface area contributed by atoms with Crippen LogP contribution in [0, 0.1) is 5.92 Å². The van der Waals surface area contributed by atoms with Crippen LogP contribution in [0.2, 0.25) is 0 Å². The fourth-order valence-corrected chi connectivity index (χ4v) is 1.71. The third-order valence-corrected chi connectivity index (χ3v) is 2.76. The average molecular weight is 233 g/mol. The van der Waals surface area contributed by atoms with E-state index in [9.17, 15) is 0 Å². The molecule has 0 bridgehead atoms. The molecule has 0 aliphatic heterocycles. The summed E-state index contributed by atoms with van der Waals surface area (Å²) in [4.78, 5) is 2.35. The summed E-state index contributed by atoms with van der Waals surface area (Å²) < 4.78 is 0. The van der Waals surface area contributed by atoms with Crippen molar-refractivity contribution in [3.63, 3.8) is 0 Å². The second-order valence-electron chi connectivity index (χ2n) is 4.86. The number of hydrogen-bond acceptors (Lipinski definition) is 1. The third kappa shape index (κ3) is 7.76. The molecule has 0 aliphatic rings. The van der Waals surface area contributed by atoms with Crippen LogP contribution in [0.3, 0.4) is 0 Å². The molecule has 1 nitrogen and oxygen atoms in total. The third-order valence-electron chi connectivity index (χ3n) is 2.76. The van der Waals surface area contributed by atoms with E-state index in [0.29, 0.717) is 5.92 Å². The molecule has 0 fully saturated rings. The van der Waals surface area contributed by atoms with Crippen LogP contribution in [0.5, 0.6) is 0 Å². The molecule has 0 aromatic heterocycles. The first kappa shape index (κ1) is 15.9. The van der Waals surface area contributed by atoms with Crippen molar-refractivity contribution in [3.05, 3.63) is 49.1 Å². The highest BCUT2D eigenvalue weighted by molar-refractivity contribution is 5.04. The molecule has 96 valence electrons. The van der Waals surface area contributed by atoms with Gasteiger partial charge in [0.2, 0.25) is 0 Å². The van der Waals surface area contributed by atoms with Crippen LogP contribution in [0.25, 0.3) is 0 Å². The van der Waals surface area contributed by atoms with E-state index < -0.39 is 0 Å². The predicted octanol–water partition coefficient (Wildman–Crippen LogP) is 4.21. The first-order chi connectivity index (χ1) is 8.01. The molecule has 0 heterocycles. The minimum atomic E-state index is 0.518. The minimum Gasteiger partial charge on any atom is -0.295 e. The maximum atomic E-state index is 4.10. The van der Waals surface area contributed by atoms with Crippen LogP contribution < -0.4 is 0 Å². The summed E-state index contributed by atoms with van der Waals surface area (Å²) in [7, 11) is 0. The molecule has 0 saturated heterocycles. The number of hydrogen-bond donors (Lipinski definition) is 0. The van der Waals surface area contributed by atoms with Crippen molar-refractivity contribution in [3.8, 4) is 0 Å². The van der Waals surface area contributed by atoms with E-state index in [-0.39, 0.29) is 0 Å². The molecule has 0 rings (SSSR count). The fourth-order valence-electron chi connectivity index (χ4n) is 1.71. The Labute approximate surface area is 107 Å². The Morgan fingerprint density at radius 2 is 1.65 bits per heavy atom. The minimum absolute atomic E-state index is 0.518. The van der Waals surface area contributed by atoms with E-state index in [1.165, 1.54) is 11.1 Å². The molecule has 0 N–H and O–H groups in total. The quantitative estimate of drug-likeness (QED) is 0.539. The van der Waals surface area contributed by atoms with Gasteiger partial charge in [-0.25, -0.2) is 0 Å². The normalized spacial score (nSPS) is 12.0. The Hall–Kier alpha value is -1.08. The maximum Gasteiger partial charge on any atom is 0.0164 e. The molecule has 0 aromatic rings. The Balaban J connectivity index is 4.48. The lowest BCUT2D eigenvalue weighted by atomic mass is 9.96. The standard InChI is InChI=1S/C16H27N/c1-7-11-17(12-8-2)13-16(15(5)6)10-9-14(3)4/h7-9,16H,1-2,5,10-13H2,3-4,6H3. The smallest absolute Gasteiger partial charge is 0.0164 e. The summed E-state index contributed by atoms with van der Waals surface area (Å²) in [5.74, 6) is 0.518. The largest absolute Gasteiger partial charge is 0.295 e. The van der Waals surface area contributed by atoms with Crippen molar-refractivity contribution < 1.29 is 0 Å². The molecule has 17 heavy (non-hydrogen) atoms. The Morgan fingerprint density at radius 3 is 2.00 bits per heavy atom. The zero-order chi connectivity index (χ0) is 13.3. The zero-order valence-electron chi connectivity index (χ0n) is 11.7. The van der Waals surface area contributed by atoms with Crippen LogP contribution >= 0.6 is 0 Å². The lowest BCUT2D eigenvalue weighted by Crippen LogP contribution is -2.30. The molecule has 1 unspecified atom stereocenters. The topological polar surface area (TPSA) is 3.24 Å². The van der Waals surface area contributed by atoms with E-state index >= 15 is 0 Å².